The average Bonchev–Trinajstić information content (AvgIpc) is 2.80. The monoisotopic (exact) mass is 254 g/mol. The molecule has 2 heterocycles. The van der Waals surface area contributed by atoms with Gasteiger partial charge < -0.3 is 15.5 Å². The highest BCUT2D eigenvalue weighted by Gasteiger charge is 2.24. The zero-order valence-electron chi connectivity index (χ0n) is 11.5. The lowest BCUT2D eigenvalue weighted by Gasteiger charge is -2.36. The third-order valence-corrected chi connectivity index (χ3v) is 3.98. The molecule has 2 aliphatic heterocycles. The van der Waals surface area contributed by atoms with Crippen molar-refractivity contribution in [3.8, 4) is 0 Å². The predicted molar refractivity (Wildman–Crippen MR) is 72.7 cm³/mol. The summed E-state index contributed by atoms with van der Waals surface area (Å²) in [7, 11) is 0. The maximum Gasteiger partial charge on any atom is 0.317 e. The van der Waals surface area contributed by atoms with Gasteiger partial charge in [-0.1, -0.05) is 13.3 Å². The second kappa shape index (κ2) is 6.95. The number of nitrogens with zero attached hydrogens (tertiary/aromatic N) is 2. The van der Waals surface area contributed by atoms with E-state index in [0.29, 0.717) is 6.04 Å². The topological polar surface area (TPSA) is 47.6 Å². The lowest BCUT2D eigenvalue weighted by molar-refractivity contribution is 0.132. The first-order valence-corrected chi connectivity index (χ1v) is 7.29. The van der Waals surface area contributed by atoms with Crippen molar-refractivity contribution >= 4 is 6.03 Å². The van der Waals surface area contributed by atoms with Crippen molar-refractivity contribution in [1.82, 2.24) is 20.4 Å². The standard InChI is InChI=1S/C13H26N4O/c1-2-14-11-12-5-3-4-7-16(12)9-10-17-8-6-15-13(17)18/h12,14H,2-11H2,1H3,(H,15,18). The van der Waals surface area contributed by atoms with E-state index in [0.717, 1.165) is 39.3 Å². The number of hydrogen-bond donors (Lipinski definition) is 2. The fraction of sp³-hybridized carbons (Fsp3) is 0.923. The lowest BCUT2D eigenvalue weighted by Crippen LogP contribution is -2.48. The van der Waals surface area contributed by atoms with Crippen LogP contribution in [-0.4, -0.2) is 67.7 Å². The summed E-state index contributed by atoms with van der Waals surface area (Å²) in [5.74, 6) is 0. The smallest absolute Gasteiger partial charge is 0.317 e. The Morgan fingerprint density at radius 2 is 2.22 bits per heavy atom. The minimum atomic E-state index is 0.107. The Hall–Kier alpha value is -0.810. The van der Waals surface area contributed by atoms with Crippen LogP contribution in [0.4, 0.5) is 4.79 Å². The molecular formula is C13H26N4O. The number of hydrogen-bond acceptors (Lipinski definition) is 3. The van der Waals surface area contributed by atoms with Crippen LogP contribution in [0.3, 0.4) is 0 Å². The van der Waals surface area contributed by atoms with Gasteiger partial charge >= 0.3 is 6.03 Å². The van der Waals surface area contributed by atoms with E-state index in [2.05, 4.69) is 22.5 Å². The molecule has 0 aromatic heterocycles. The molecule has 2 N–H and O–H groups in total. The molecule has 2 rings (SSSR count). The summed E-state index contributed by atoms with van der Waals surface area (Å²) in [6.45, 7) is 9.02. The summed E-state index contributed by atoms with van der Waals surface area (Å²) in [4.78, 5) is 16.0. The number of amides is 2. The average molecular weight is 254 g/mol. The van der Waals surface area contributed by atoms with Crippen LogP contribution in [0.2, 0.25) is 0 Å². The van der Waals surface area contributed by atoms with Gasteiger partial charge in [-0.15, -0.1) is 0 Å². The van der Waals surface area contributed by atoms with Crippen LogP contribution in [-0.2, 0) is 0 Å². The third kappa shape index (κ3) is 3.59. The van der Waals surface area contributed by atoms with Gasteiger partial charge in [0.25, 0.3) is 0 Å². The number of likely N-dealkylation sites (tertiary alicyclic amines) is 1. The molecule has 104 valence electrons. The van der Waals surface area contributed by atoms with Crippen LogP contribution in [0.15, 0.2) is 0 Å². The molecule has 0 spiro atoms. The van der Waals surface area contributed by atoms with Gasteiger partial charge in [-0.3, -0.25) is 4.90 Å². The van der Waals surface area contributed by atoms with Crippen LogP contribution in [0.25, 0.3) is 0 Å². The zero-order chi connectivity index (χ0) is 12.8. The Morgan fingerprint density at radius 3 is 2.94 bits per heavy atom. The Kier molecular flexibility index (Phi) is 5.26. The van der Waals surface area contributed by atoms with E-state index in [4.69, 9.17) is 0 Å². The molecule has 0 aromatic rings. The third-order valence-electron chi connectivity index (χ3n) is 3.98. The molecule has 2 saturated heterocycles. The summed E-state index contributed by atoms with van der Waals surface area (Å²) >= 11 is 0. The molecule has 5 heteroatoms. The van der Waals surface area contributed by atoms with E-state index in [1.54, 1.807) is 0 Å². The van der Waals surface area contributed by atoms with E-state index in [1.807, 2.05) is 4.90 Å². The number of carbonyl (C=O) groups excluding carboxylic acids is 1. The maximum absolute atomic E-state index is 11.5. The van der Waals surface area contributed by atoms with Gasteiger partial charge in [0.1, 0.15) is 0 Å². The SMILES string of the molecule is CCNCC1CCCCN1CCN1CCNC1=O. The van der Waals surface area contributed by atoms with Crippen LogP contribution in [0.1, 0.15) is 26.2 Å². The number of piperidine rings is 1. The molecule has 0 bridgehead atoms. The molecule has 2 fully saturated rings. The van der Waals surface area contributed by atoms with Gasteiger partial charge in [-0.05, 0) is 25.9 Å². The summed E-state index contributed by atoms with van der Waals surface area (Å²) in [5, 5.41) is 6.31. The van der Waals surface area contributed by atoms with Gasteiger partial charge in [0.05, 0.1) is 0 Å². The molecule has 0 saturated carbocycles. The summed E-state index contributed by atoms with van der Waals surface area (Å²) in [6.07, 6.45) is 3.94. The number of urea groups is 1. The minimum Gasteiger partial charge on any atom is -0.336 e. The number of likely N-dealkylation sites (N-methyl/N-ethyl adjacent to an activating group) is 1. The first-order valence-electron chi connectivity index (χ1n) is 7.29. The molecule has 1 unspecified atom stereocenters. The van der Waals surface area contributed by atoms with Gasteiger partial charge in [0.15, 0.2) is 0 Å². The van der Waals surface area contributed by atoms with Crippen molar-refractivity contribution in [2.75, 3.05) is 45.8 Å². The molecule has 5 nitrogen and oxygen atoms in total. The fourth-order valence-electron chi connectivity index (χ4n) is 2.87. The van der Waals surface area contributed by atoms with Gasteiger partial charge in [-0.25, -0.2) is 4.79 Å². The van der Waals surface area contributed by atoms with E-state index in [9.17, 15) is 4.79 Å². The molecule has 2 aliphatic rings. The highest BCUT2D eigenvalue weighted by molar-refractivity contribution is 5.76. The van der Waals surface area contributed by atoms with Crippen molar-refractivity contribution < 1.29 is 4.79 Å². The summed E-state index contributed by atoms with van der Waals surface area (Å²) in [5.41, 5.74) is 0. The Labute approximate surface area is 110 Å². The van der Waals surface area contributed by atoms with Crippen LogP contribution in [0, 0.1) is 0 Å². The molecular weight excluding hydrogens is 228 g/mol. The molecule has 0 radical (unpaired) electrons. The van der Waals surface area contributed by atoms with Crippen LogP contribution >= 0.6 is 0 Å². The molecule has 18 heavy (non-hydrogen) atoms. The highest BCUT2D eigenvalue weighted by Crippen LogP contribution is 2.16. The first kappa shape index (κ1) is 13.6. The fourth-order valence-corrected chi connectivity index (χ4v) is 2.87. The second-order valence-electron chi connectivity index (χ2n) is 5.21. The van der Waals surface area contributed by atoms with E-state index < -0.39 is 0 Å². The Morgan fingerprint density at radius 1 is 1.33 bits per heavy atom. The minimum absolute atomic E-state index is 0.107. The van der Waals surface area contributed by atoms with E-state index in [-0.39, 0.29) is 6.03 Å². The highest BCUT2D eigenvalue weighted by atomic mass is 16.2. The normalized spacial score (nSPS) is 25.5. The summed E-state index contributed by atoms with van der Waals surface area (Å²) in [6, 6.07) is 0.764. The van der Waals surface area contributed by atoms with E-state index >= 15 is 0 Å². The summed E-state index contributed by atoms with van der Waals surface area (Å²) < 4.78 is 0. The zero-order valence-corrected chi connectivity index (χ0v) is 11.5. The second-order valence-corrected chi connectivity index (χ2v) is 5.21. The quantitative estimate of drug-likeness (QED) is 0.724. The van der Waals surface area contributed by atoms with Crippen molar-refractivity contribution in [1.29, 1.82) is 0 Å². The van der Waals surface area contributed by atoms with Crippen LogP contribution in [0.5, 0.6) is 0 Å². The number of rotatable bonds is 6. The molecule has 0 aromatic carbocycles. The maximum atomic E-state index is 11.5. The number of nitrogens with one attached hydrogen (secondary N) is 2. The number of carbonyl (C=O) groups is 1. The Balaban J connectivity index is 1.76. The molecule has 0 aliphatic carbocycles. The van der Waals surface area contributed by atoms with Gasteiger partial charge in [-0.2, -0.15) is 0 Å². The van der Waals surface area contributed by atoms with Crippen molar-refractivity contribution in [2.45, 2.75) is 32.2 Å². The van der Waals surface area contributed by atoms with E-state index in [1.165, 1.54) is 25.8 Å². The predicted octanol–water partition coefficient (Wildman–Crippen LogP) is 0.476. The lowest BCUT2D eigenvalue weighted by atomic mass is 10.0. The Bertz CT molecular complexity index is 272. The van der Waals surface area contributed by atoms with Crippen LogP contribution < -0.4 is 10.6 Å². The van der Waals surface area contributed by atoms with Gasteiger partial charge in [0, 0.05) is 38.8 Å². The van der Waals surface area contributed by atoms with Crippen molar-refractivity contribution in [3.63, 3.8) is 0 Å². The molecule has 1 atom stereocenters. The van der Waals surface area contributed by atoms with Crippen molar-refractivity contribution in [3.05, 3.63) is 0 Å². The van der Waals surface area contributed by atoms with Crippen molar-refractivity contribution in [2.24, 2.45) is 0 Å². The molecule has 2 amide bonds. The van der Waals surface area contributed by atoms with Gasteiger partial charge in [0.2, 0.25) is 0 Å². The largest absolute Gasteiger partial charge is 0.336 e. The first-order chi connectivity index (χ1) is 8.81.